The predicted octanol–water partition coefficient (Wildman–Crippen LogP) is 6.81. The molecule has 0 heterocycles. The number of rotatable bonds is 9. The van der Waals surface area contributed by atoms with Gasteiger partial charge >= 0.3 is 0 Å². The van der Waals surface area contributed by atoms with Crippen molar-refractivity contribution >= 4 is 11.6 Å². The molecule has 3 nitrogen and oxygen atoms in total. The lowest BCUT2D eigenvalue weighted by Crippen LogP contribution is -2.29. The Morgan fingerprint density at radius 2 is 1.22 bits per heavy atom. The van der Waals surface area contributed by atoms with Gasteiger partial charge in [-0.15, -0.1) is 0 Å². The van der Waals surface area contributed by atoms with Gasteiger partial charge in [0.1, 0.15) is 0 Å². The fourth-order valence-electron chi connectivity index (χ4n) is 4.35. The summed E-state index contributed by atoms with van der Waals surface area (Å²) in [5.74, 6) is 0.804. The Morgan fingerprint density at radius 1 is 0.750 bits per heavy atom. The van der Waals surface area contributed by atoms with Crippen LogP contribution in [-0.2, 0) is 4.79 Å². The summed E-state index contributed by atoms with van der Waals surface area (Å²) in [5.41, 5.74) is 12.3. The highest BCUT2D eigenvalue weighted by Crippen LogP contribution is 2.33. The molecule has 1 atom stereocenters. The van der Waals surface area contributed by atoms with Crippen molar-refractivity contribution in [2.75, 3.05) is 5.32 Å². The number of para-hydroxylation sites is 1. The van der Waals surface area contributed by atoms with Crippen LogP contribution in [0.2, 0.25) is 0 Å². The van der Waals surface area contributed by atoms with Gasteiger partial charge in [0.2, 0.25) is 5.91 Å². The fraction of sp³-hybridized carbons (Fsp3) is 0.345. The summed E-state index contributed by atoms with van der Waals surface area (Å²) in [6.45, 7) is 8.63. The molecule has 0 bridgehead atoms. The summed E-state index contributed by atoms with van der Waals surface area (Å²) in [4.78, 5) is 13.0. The second-order valence-electron chi connectivity index (χ2n) is 9.24. The number of hydrogen-bond donors (Lipinski definition) is 2. The summed E-state index contributed by atoms with van der Waals surface area (Å²) in [6, 6.07) is 26.9. The van der Waals surface area contributed by atoms with E-state index in [2.05, 4.69) is 99.7 Å². The van der Waals surface area contributed by atoms with Gasteiger partial charge in [0.15, 0.2) is 0 Å². The third-order valence-corrected chi connectivity index (χ3v) is 6.03. The predicted molar refractivity (Wildman–Crippen MR) is 135 cm³/mol. The van der Waals surface area contributed by atoms with Crippen LogP contribution in [0.4, 0.5) is 5.69 Å². The zero-order chi connectivity index (χ0) is 23.1. The summed E-state index contributed by atoms with van der Waals surface area (Å²) in [5, 5.41) is 3.21. The van der Waals surface area contributed by atoms with Crippen molar-refractivity contribution in [2.45, 2.75) is 64.3 Å². The third kappa shape index (κ3) is 6.08. The van der Waals surface area contributed by atoms with Crippen LogP contribution in [0, 0.1) is 0 Å². The van der Waals surface area contributed by atoms with E-state index in [4.69, 9.17) is 5.73 Å². The van der Waals surface area contributed by atoms with Crippen molar-refractivity contribution in [3.63, 3.8) is 0 Å². The topological polar surface area (TPSA) is 55.1 Å². The molecule has 0 saturated carbocycles. The lowest BCUT2D eigenvalue weighted by Gasteiger charge is -2.23. The summed E-state index contributed by atoms with van der Waals surface area (Å²) >= 11 is 0. The van der Waals surface area contributed by atoms with Crippen LogP contribution in [0.15, 0.2) is 78.9 Å². The largest absolute Gasteiger partial charge is 0.327 e. The minimum atomic E-state index is -0.242. The molecule has 0 fully saturated rings. The van der Waals surface area contributed by atoms with E-state index < -0.39 is 0 Å². The van der Waals surface area contributed by atoms with Gasteiger partial charge < -0.3 is 11.1 Å². The molecule has 32 heavy (non-hydrogen) atoms. The van der Waals surface area contributed by atoms with E-state index in [0.717, 1.165) is 5.69 Å². The first-order valence-corrected chi connectivity index (χ1v) is 11.6. The monoisotopic (exact) mass is 428 g/mol. The molecule has 3 aromatic carbocycles. The molecule has 168 valence electrons. The van der Waals surface area contributed by atoms with Gasteiger partial charge in [-0.2, -0.15) is 0 Å². The molecule has 0 aliphatic heterocycles. The van der Waals surface area contributed by atoms with Crippen LogP contribution in [0.25, 0.3) is 0 Å². The molecule has 3 heteroatoms. The second-order valence-corrected chi connectivity index (χ2v) is 9.24. The van der Waals surface area contributed by atoms with E-state index in [1.807, 2.05) is 12.1 Å². The first-order valence-electron chi connectivity index (χ1n) is 11.6. The number of nitrogens with two attached hydrogens (primary N) is 1. The van der Waals surface area contributed by atoms with Crippen LogP contribution in [-0.4, -0.2) is 11.9 Å². The zero-order valence-corrected chi connectivity index (χ0v) is 19.7. The maximum atomic E-state index is 13.0. The van der Waals surface area contributed by atoms with E-state index in [0.29, 0.717) is 24.7 Å². The van der Waals surface area contributed by atoms with Crippen molar-refractivity contribution in [1.82, 2.24) is 0 Å². The Morgan fingerprint density at radius 3 is 1.66 bits per heavy atom. The fourth-order valence-corrected chi connectivity index (χ4v) is 4.35. The van der Waals surface area contributed by atoms with Crippen LogP contribution in [0.5, 0.6) is 0 Å². The van der Waals surface area contributed by atoms with Gasteiger partial charge in [-0.05, 0) is 40.5 Å². The molecule has 1 amide bonds. The van der Waals surface area contributed by atoms with E-state index in [9.17, 15) is 4.79 Å². The highest BCUT2D eigenvalue weighted by molar-refractivity contribution is 5.93. The number of carbonyl (C=O) groups excluding carboxylic acids is 1. The molecular formula is C29H36N2O. The molecule has 0 aromatic heterocycles. The first kappa shape index (κ1) is 23.7. The van der Waals surface area contributed by atoms with Crippen molar-refractivity contribution < 1.29 is 4.79 Å². The van der Waals surface area contributed by atoms with Crippen molar-refractivity contribution in [2.24, 2.45) is 5.73 Å². The Hall–Kier alpha value is -2.91. The van der Waals surface area contributed by atoms with E-state index in [1.165, 1.54) is 22.3 Å². The number of nitrogens with one attached hydrogen (secondary N) is 1. The highest BCUT2D eigenvalue weighted by Gasteiger charge is 2.21. The molecule has 0 radical (unpaired) electrons. The lowest BCUT2D eigenvalue weighted by atomic mass is 9.85. The average Bonchev–Trinajstić information content (AvgIpc) is 2.78. The maximum Gasteiger partial charge on any atom is 0.225 e. The Bertz CT molecular complexity index is 930. The quantitative estimate of drug-likeness (QED) is 0.393. The Balaban J connectivity index is 1.76. The Kier molecular flexibility index (Phi) is 8.24. The molecule has 3 rings (SSSR count). The zero-order valence-electron chi connectivity index (χ0n) is 19.7. The average molecular weight is 429 g/mol. The Labute approximate surface area is 193 Å². The number of carbonyl (C=O) groups is 1. The molecule has 1 unspecified atom stereocenters. The van der Waals surface area contributed by atoms with E-state index >= 15 is 0 Å². The number of anilines is 1. The molecule has 0 aliphatic rings. The van der Waals surface area contributed by atoms with Crippen LogP contribution >= 0.6 is 0 Å². The van der Waals surface area contributed by atoms with Crippen LogP contribution in [0.3, 0.4) is 0 Å². The molecule has 0 saturated heterocycles. The minimum absolute atomic E-state index is 0.0210. The smallest absolute Gasteiger partial charge is 0.225 e. The molecule has 3 N–H and O–H groups in total. The summed E-state index contributed by atoms with van der Waals surface area (Å²) < 4.78 is 0. The normalized spacial score (nSPS) is 12.4. The number of amides is 1. The number of benzene rings is 3. The third-order valence-electron chi connectivity index (χ3n) is 6.03. The van der Waals surface area contributed by atoms with Gasteiger partial charge in [-0.25, -0.2) is 0 Å². The van der Waals surface area contributed by atoms with E-state index in [1.54, 1.807) is 0 Å². The highest BCUT2D eigenvalue weighted by atomic mass is 16.1. The summed E-state index contributed by atoms with van der Waals surface area (Å²) in [7, 11) is 0. The van der Waals surface area contributed by atoms with E-state index in [-0.39, 0.29) is 17.9 Å². The van der Waals surface area contributed by atoms with Gasteiger partial charge in [-0.1, -0.05) is 107 Å². The standard InChI is InChI=1S/C29H36N2O/c1-20(2)25-16-11-17-26(21(3)4)29(25)31-28(32)19-24(30)18-27(22-12-7-5-8-13-22)23-14-9-6-10-15-23/h5-17,20-21,24,27H,18-19,30H2,1-4H3,(H,31,32). The minimum Gasteiger partial charge on any atom is -0.327 e. The molecule has 0 spiro atoms. The molecule has 0 aliphatic carbocycles. The molecule has 3 aromatic rings. The van der Waals surface area contributed by atoms with Crippen molar-refractivity contribution in [1.29, 1.82) is 0 Å². The summed E-state index contributed by atoms with van der Waals surface area (Å²) in [6.07, 6.45) is 1.00. The van der Waals surface area contributed by atoms with Crippen LogP contribution in [0.1, 0.15) is 80.5 Å². The lowest BCUT2D eigenvalue weighted by molar-refractivity contribution is -0.116. The van der Waals surface area contributed by atoms with Crippen molar-refractivity contribution in [3.05, 3.63) is 101 Å². The first-order chi connectivity index (χ1) is 15.4. The number of hydrogen-bond acceptors (Lipinski definition) is 2. The maximum absolute atomic E-state index is 13.0. The molecular weight excluding hydrogens is 392 g/mol. The van der Waals surface area contributed by atoms with Crippen molar-refractivity contribution in [3.8, 4) is 0 Å². The van der Waals surface area contributed by atoms with Gasteiger partial charge in [0.05, 0.1) is 0 Å². The van der Waals surface area contributed by atoms with Crippen LogP contribution < -0.4 is 11.1 Å². The SMILES string of the molecule is CC(C)c1cccc(C(C)C)c1NC(=O)CC(N)CC(c1ccccc1)c1ccccc1. The second kappa shape index (κ2) is 11.1. The van der Waals surface area contributed by atoms with Gasteiger partial charge in [-0.3, -0.25) is 4.79 Å². The van der Waals surface area contributed by atoms with Gasteiger partial charge in [0.25, 0.3) is 0 Å². The van der Waals surface area contributed by atoms with Gasteiger partial charge in [0, 0.05) is 24.1 Å².